The van der Waals surface area contributed by atoms with Crippen molar-refractivity contribution in [3.8, 4) is 0 Å². The fourth-order valence-corrected chi connectivity index (χ4v) is 5.25. The summed E-state index contributed by atoms with van der Waals surface area (Å²) in [6.45, 7) is 2.07. The topological polar surface area (TPSA) is 99.5 Å². The van der Waals surface area contributed by atoms with Gasteiger partial charge in [-0.2, -0.15) is 14.3 Å². The number of amides is 3. The minimum Gasteiger partial charge on any atom is -0.246 e. The summed E-state index contributed by atoms with van der Waals surface area (Å²) in [4.78, 5) is 30.4. The van der Waals surface area contributed by atoms with Crippen LogP contribution in [0.15, 0.2) is 34.7 Å². The second-order valence-corrected chi connectivity index (χ2v) is 9.77. The lowest BCUT2D eigenvalue weighted by Crippen LogP contribution is -2.50. The standard InChI is InChI=1S/C17H19N4O4S2/c1-17(5-6-17)19-27(24,25)12-3-4-14-13(7-12)15(22)20(2)16(23)21(14)8-11-9-26-10-18-11/h3-4,7,9-10,12,19H,5-6,8H2,1-2H3/q+1. The number of carbonyl (C=O) groups excluding carboxylic acids is 2. The first-order valence-electron chi connectivity index (χ1n) is 8.47. The number of nitrogens with one attached hydrogen (secondary N) is 1. The van der Waals surface area contributed by atoms with Crippen molar-refractivity contribution < 1.29 is 22.6 Å². The molecule has 3 amide bonds. The molecular weight excluding hydrogens is 388 g/mol. The Hall–Kier alpha value is -2.17. The van der Waals surface area contributed by atoms with Crippen LogP contribution < -0.4 is 4.72 Å². The average molecular weight is 407 g/mol. The van der Waals surface area contributed by atoms with Crippen molar-refractivity contribution in [1.82, 2.24) is 14.6 Å². The summed E-state index contributed by atoms with van der Waals surface area (Å²) in [5.74, 6) is -0.508. The lowest BCUT2D eigenvalue weighted by Gasteiger charge is -2.24. The third kappa shape index (κ3) is 3.28. The number of aromatic nitrogens is 1. The Kier molecular flexibility index (Phi) is 4.17. The lowest BCUT2D eigenvalue weighted by atomic mass is 10.00. The van der Waals surface area contributed by atoms with Crippen LogP contribution in [0.3, 0.4) is 0 Å². The van der Waals surface area contributed by atoms with Crippen molar-refractivity contribution >= 4 is 39.0 Å². The number of sulfonamides is 1. The van der Waals surface area contributed by atoms with Crippen molar-refractivity contribution in [2.24, 2.45) is 0 Å². The van der Waals surface area contributed by atoms with Gasteiger partial charge in [0.2, 0.25) is 10.0 Å². The minimum absolute atomic E-state index is 0.213. The Balaban J connectivity index is 1.73. The molecule has 1 atom stereocenters. The molecule has 1 fully saturated rings. The molecule has 0 radical (unpaired) electrons. The molecule has 10 heteroatoms. The van der Waals surface area contributed by atoms with Crippen molar-refractivity contribution in [3.63, 3.8) is 0 Å². The van der Waals surface area contributed by atoms with Crippen LogP contribution >= 0.6 is 11.3 Å². The Morgan fingerprint density at radius 1 is 1.41 bits per heavy atom. The highest BCUT2D eigenvalue weighted by Crippen LogP contribution is 2.36. The van der Waals surface area contributed by atoms with Gasteiger partial charge in [-0.15, -0.1) is 11.3 Å². The largest absolute Gasteiger partial charge is 0.501 e. The molecular formula is C17H19N4O4S2+. The number of likely N-dealkylation sites (N-methyl/N-ethyl adjacent to an activating group) is 1. The van der Waals surface area contributed by atoms with Gasteiger partial charge in [0.25, 0.3) is 0 Å². The minimum atomic E-state index is -3.66. The Morgan fingerprint density at radius 3 is 2.78 bits per heavy atom. The maximum Gasteiger partial charge on any atom is 0.501 e. The second kappa shape index (κ2) is 6.18. The van der Waals surface area contributed by atoms with E-state index in [1.165, 1.54) is 35.1 Å². The average Bonchev–Trinajstić information content (AvgIpc) is 3.12. The first-order valence-corrected chi connectivity index (χ1v) is 11.0. The highest BCUT2D eigenvalue weighted by atomic mass is 32.2. The lowest BCUT2D eigenvalue weighted by molar-refractivity contribution is -0.452. The van der Waals surface area contributed by atoms with E-state index in [-0.39, 0.29) is 12.1 Å². The van der Waals surface area contributed by atoms with E-state index in [9.17, 15) is 18.0 Å². The molecule has 1 aromatic rings. The van der Waals surface area contributed by atoms with E-state index in [4.69, 9.17) is 0 Å². The molecule has 1 aromatic heterocycles. The number of nitrogens with zero attached hydrogens (tertiary/aromatic N) is 3. The van der Waals surface area contributed by atoms with E-state index in [1.807, 2.05) is 12.3 Å². The van der Waals surface area contributed by atoms with Gasteiger partial charge >= 0.3 is 11.9 Å². The normalized spacial score (nSPS) is 24.1. The SMILES string of the molecule is CN1C(=O)C2=CC(S(=O)(=O)NC3(C)CC3)C=CC2=[N+](Cc2cscn2)C1=O. The molecule has 2 heterocycles. The number of hydrogen-bond acceptors (Lipinski definition) is 6. The Labute approximate surface area is 161 Å². The van der Waals surface area contributed by atoms with Gasteiger partial charge < -0.3 is 0 Å². The summed E-state index contributed by atoms with van der Waals surface area (Å²) in [6, 6.07) is -0.463. The van der Waals surface area contributed by atoms with Crippen molar-refractivity contribution in [1.29, 1.82) is 0 Å². The fourth-order valence-electron chi connectivity index (χ4n) is 3.07. The Morgan fingerprint density at radius 2 is 2.15 bits per heavy atom. The third-order valence-electron chi connectivity index (χ3n) is 4.94. The maximum absolute atomic E-state index is 12.7. The highest BCUT2D eigenvalue weighted by molar-refractivity contribution is 7.90. The zero-order valence-corrected chi connectivity index (χ0v) is 16.5. The van der Waals surface area contributed by atoms with Crippen molar-refractivity contribution in [2.45, 2.75) is 37.1 Å². The summed E-state index contributed by atoms with van der Waals surface area (Å²) in [7, 11) is -2.27. The van der Waals surface area contributed by atoms with Gasteiger partial charge in [-0.3, -0.25) is 0 Å². The quantitative estimate of drug-likeness (QED) is 0.735. The second-order valence-electron chi connectivity index (χ2n) is 7.21. The first kappa shape index (κ1) is 18.2. The summed E-state index contributed by atoms with van der Waals surface area (Å²) in [5.41, 5.74) is 2.60. The predicted octanol–water partition coefficient (Wildman–Crippen LogP) is 1.03. The number of hydrogen-bond donors (Lipinski definition) is 1. The number of urea groups is 1. The molecule has 142 valence electrons. The van der Waals surface area contributed by atoms with Crippen LogP contribution in [0.25, 0.3) is 0 Å². The molecule has 0 aromatic carbocycles. The number of imide groups is 1. The van der Waals surface area contributed by atoms with Crippen LogP contribution in [0.5, 0.6) is 0 Å². The van der Waals surface area contributed by atoms with Crippen molar-refractivity contribution in [3.05, 3.63) is 40.4 Å². The molecule has 2 aliphatic carbocycles. The van der Waals surface area contributed by atoms with Crippen LogP contribution in [-0.2, 0) is 21.4 Å². The van der Waals surface area contributed by atoms with Gasteiger partial charge in [0.1, 0.15) is 23.1 Å². The number of allylic oxidation sites excluding steroid dienone is 1. The number of carbonyl (C=O) groups is 2. The molecule has 0 saturated heterocycles. The molecule has 8 nitrogen and oxygen atoms in total. The van der Waals surface area contributed by atoms with Crippen LogP contribution in [-0.4, -0.2) is 58.4 Å². The number of rotatable bonds is 5. The smallest absolute Gasteiger partial charge is 0.246 e. The summed E-state index contributed by atoms with van der Waals surface area (Å²) < 4.78 is 29.5. The predicted molar refractivity (Wildman–Crippen MR) is 100.0 cm³/mol. The van der Waals surface area contributed by atoms with Crippen LogP contribution in [0, 0.1) is 0 Å². The molecule has 1 saturated carbocycles. The fraction of sp³-hybridized carbons (Fsp3) is 0.412. The van der Waals surface area contributed by atoms with E-state index < -0.39 is 32.8 Å². The molecule has 1 N–H and O–H groups in total. The zero-order chi connectivity index (χ0) is 19.4. The monoisotopic (exact) mass is 407 g/mol. The van der Waals surface area contributed by atoms with Gasteiger partial charge in [-0.25, -0.2) is 22.9 Å². The molecule has 3 aliphatic rings. The highest BCUT2D eigenvalue weighted by Gasteiger charge is 2.46. The zero-order valence-electron chi connectivity index (χ0n) is 14.9. The molecule has 1 aliphatic heterocycles. The van der Waals surface area contributed by atoms with E-state index in [1.54, 1.807) is 11.6 Å². The summed E-state index contributed by atoms with van der Waals surface area (Å²) >= 11 is 1.42. The van der Waals surface area contributed by atoms with Gasteiger partial charge in [-0.1, -0.05) is 6.08 Å². The van der Waals surface area contributed by atoms with Gasteiger partial charge in [0.05, 0.1) is 18.3 Å². The van der Waals surface area contributed by atoms with Crippen LogP contribution in [0.2, 0.25) is 0 Å². The number of thiazole rings is 1. The van der Waals surface area contributed by atoms with Crippen LogP contribution in [0.4, 0.5) is 4.79 Å². The Bertz CT molecular complexity index is 1020. The molecule has 4 rings (SSSR count). The maximum atomic E-state index is 12.7. The summed E-state index contributed by atoms with van der Waals surface area (Å²) in [6.07, 6.45) is 6.07. The van der Waals surface area contributed by atoms with Gasteiger partial charge in [-0.05, 0) is 31.9 Å². The van der Waals surface area contributed by atoms with Gasteiger partial charge in [0.15, 0.2) is 0 Å². The van der Waals surface area contributed by atoms with E-state index in [2.05, 4.69) is 9.71 Å². The van der Waals surface area contributed by atoms with Crippen molar-refractivity contribution in [2.75, 3.05) is 7.05 Å². The molecule has 27 heavy (non-hydrogen) atoms. The molecule has 0 spiro atoms. The molecule has 0 bridgehead atoms. The third-order valence-corrected chi connectivity index (χ3v) is 7.37. The number of fused-ring (bicyclic) bond motifs is 1. The first-order chi connectivity index (χ1) is 12.7. The van der Waals surface area contributed by atoms with Gasteiger partial charge in [0, 0.05) is 10.9 Å². The van der Waals surface area contributed by atoms with E-state index >= 15 is 0 Å². The molecule has 1 unspecified atom stereocenters. The summed E-state index contributed by atoms with van der Waals surface area (Å²) in [5, 5.41) is 0.869. The van der Waals surface area contributed by atoms with E-state index in [0.717, 1.165) is 17.7 Å². The van der Waals surface area contributed by atoms with Crippen LogP contribution in [0.1, 0.15) is 25.5 Å². The van der Waals surface area contributed by atoms with E-state index in [0.29, 0.717) is 11.4 Å².